The van der Waals surface area contributed by atoms with Crippen LogP contribution in [0.3, 0.4) is 0 Å². The standard InChI is InChI=1S/C28H40N4O6S4/c1-17-23-11-15-37-25(35)22(30-20(4)34)10-6-8-14-32-18(2)24(42-28(32)40)12-16-38-26(36)21(29-19(3)33)9-5-7-13-31(17)27(39)41-23/h21-22H,5-16H2,1-4H3,(H,29,33)(H,30,34)/t21-,22-/m0/s1. The number of nitrogens with zero attached hydrogens (tertiary/aromatic N) is 2. The second-order valence-electron chi connectivity index (χ2n) is 10.4. The molecule has 4 bridgehead atoms. The number of amides is 2. The van der Waals surface area contributed by atoms with Crippen LogP contribution in [0, 0.1) is 21.8 Å². The lowest BCUT2D eigenvalue weighted by Crippen LogP contribution is -2.41. The maximum atomic E-state index is 12.9. The van der Waals surface area contributed by atoms with E-state index in [-0.39, 0.29) is 25.0 Å². The molecule has 2 aromatic heterocycles. The molecule has 0 aromatic carbocycles. The Balaban J connectivity index is 1.77. The molecule has 3 heterocycles. The summed E-state index contributed by atoms with van der Waals surface area (Å²) in [6, 6.07) is -1.42. The monoisotopic (exact) mass is 656 g/mol. The number of carbonyl (C=O) groups excluding carboxylic acids is 4. The smallest absolute Gasteiger partial charge is 0.328 e. The van der Waals surface area contributed by atoms with Gasteiger partial charge in [0.25, 0.3) is 0 Å². The first-order valence-electron chi connectivity index (χ1n) is 14.2. The van der Waals surface area contributed by atoms with Gasteiger partial charge in [0.1, 0.15) is 12.1 Å². The number of nitrogens with one attached hydrogen (secondary N) is 2. The number of carbonyl (C=O) groups is 4. The fraction of sp³-hybridized carbons (Fsp3) is 0.643. The molecule has 2 atom stereocenters. The van der Waals surface area contributed by atoms with Gasteiger partial charge in [-0.25, -0.2) is 9.59 Å². The zero-order valence-electron chi connectivity index (χ0n) is 24.6. The highest BCUT2D eigenvalue weighted by molar-refractivity contribution is 7.73. The molecule has 42 heavy (non-hydrogen) atoms. The molecule has 14 heteroatoms. The topological polar surface area (TPSA) is 121 Å². The summed E-state index contributed by atoms with van der Waals surface area (Å²) in [7, 11) is 0. The van der Waals surface area contributed by atoms with Crippen LogP contribution in [0.1, 0.15) is 73.5 Å². The SMILES string of the molecule is CC(=O)N[C@H]1CCCCn2c(C)c(sc2=S)CCOC(=O)[C@@H](NC(C)=O)CCCCn2c(C)c(sc2=S)CCOC1=O. The normalized spacial score (nSPS) is 20.1. The lowest BCUT2D eigenvalue weighted by molar-refractivity contribution is -0.148. The largest absolute Gasteiger partial charge is 0.464 e. The second kappa shape index (κ2) is 16.4. The number of esters is 2. The molecular formula is C28H40N4O6S4. The van der Waals surface area contributed by atoms with E-state index in [9.17, 15) is 19.2 Å². The molecule has 10 nitrogen and oxygen atoms in total. The minimum absolute atomic E-state index is 0.192. The molecule has 2 aromatic rings. The molecule has 0 radical (unpaired) electrons. The Hall–Kier alpha value is -2.42. The van der Waals surface area contributed by atoms with Crippen LogP contribution < -0.4 is 10.6 Å². The molecule has 0 saturated carbocycles. The van der Waals surface area contributed by atoms with E-state index in [1.807, 2.05) is 13.8 Å². The summed E-state index contributed by atoms with van der Waals surface area (Å²) < 4.78 is 16.8. The van der Waals surface area contributed by atoms with Gasteiger partial charge < -0.3 is 29.2 Å². The van der Waals surface area contributed by atoms with Gasteiger partial charge in [-0.3, -0.25) is 9.59 Å². The van der Waals surface area contributed by atoms with Crippen molar-refractivity contribution >= 4 is 70.9 Å². The minimum Gasteiger partial charge on any atom is -0.464 e. The molecule has 0 saturated heterocycles. The third-order valence-electron chi connectivity index (χ3n) is 7.20. The quantitative estimate of drug-likeness (QED) is 0.352. The number of rotatable bonds is 2. The molecule has 2 amide bonds. The fourth-order valence-electron chi connectivity index (χ4n) is 4.94. The number of aromatic nitrogens is 2. The number of fused-ring (bicyclic) bond motifs is 4. The van der Waals surface area contributed by atoms with Crippen LogP contribution in [-0.4, -0.2) is 58.2 Å². The molecular weight excluding hydrogens is 617 g/mol. The van der Waals surface area contributed by atoms with Crippen molar-refractivity contribution in [3.05, 3.63) is 29.1 Å². The van der Waals surface area contributed by atoms with Gasteiger partial charge in [-0.1, -0.05) is 0 Å². The first kappa shape index (κ1) is 34.1. The van der Waals surface area contributed by atoms with Crippen molar-refractivity contribution in [3.63, 3.8) is 0 Å². The summed E-state index contributed by atoms with van der Waals surface area (Å²) >= 11 is 14.2. The Kier molecular flexibility index (Phi) is 13.3. The Labute approximate surface area is 264 Å². The maximum Gasteiger partial charge on any atom is 0.328 e. The van der Waals surface area contributed by atoms with Gasteiger partial charge in [-0.2, -0.15) is 0 Å². The van der Waals surface area contributed by atoms with E-state index >= 15 is 0 Å². The first-order valence-corrected chi connectivity index (χ1v) is 16.7. The van der Waals surface area contributed by atoms with Crippen molar-refractivity contribution in [1.29, 1.82) is 0 Å². The highest BCUT2D eigenvalue weighted by atomic mass is 32.2. The zero-order valence-corrected chi connectivity index (χ0v) is 27.9. The van der Waals surface area contributed by atoms with Gasteiger partial charge in [0.2, 0.25) is 11.8 Å². The molecule has 2 N–H and O–H groups in total. The van der Waals surface area contributed by atoms with E-state index in [2.05, 4.69) is 19.8 Å². The lowest BCUT2D eigenvalue weighted by Gasteiger charge is -2.17. The van der Waals surface area contributed by atoms with Gasteiger partial charge in [-0.15, -0.1) is 22.7 Å². The van der Waals surface area contributed by atoms with E-state index in [1.54, 1.807) is 0 Å². The molecule has 1 aliphatic heterocycles. The van der Waals surface area contributed by atoms with E-state index in [0.717, 1.165) is 41.9 Å². The summed E-state index contributed by atoms with van der Waals surface area (Å²) in [4.78, 5) is 51.3. The first-order chi connectivity index (χ1) is 20.0. The number of thiazole rings is 2. The molecule has 0 unspecified atom stereocenters. The second-order valence-corrected chi connectivity index (χ2v) is 13.8. The Bertz CT molecular complexity index is 1290. The van der Waals surface area contributed by atoms with Crippen LogP contribution in [0.2, 0.25) is 0 Å². The molecule has 0 spiro atoms. The van der Waals surface area contributed by atoms with Gasteiger partial charge in [0.05, 0.1) is 13.2 Å². The lowest BCUT2D eigenvalue weighted by atomic mass is 10.1. The third-order valence-corrected chi connectivity index (χ3v) is 10.4. The highest BCUT2D eigenvalue weighted by Gasteiger charge is 2.23. The summed E-state index contributed by atoms with van der Waals surface area (Å²) in [6.07, 6.45) is 4.88. The average molecular weight is 657 g/mol. The molecule has 0 aliphatic carbocycles. The number of hydrogen-bond donors (Lipinski definition) is 2. The number of cyclic esters (lactones) is 2. The van der Waals surface area contributed by atoms with Crippen molar-refractivity contribution in [3.8, 4) is 0 Å². The molecule has 0 fully saturated rings. The fourth-order valence-corrected chi connectivity index (χ4v) is 7.99. The van der Waals surface area contributed by atoms with Crippen LogP contribution >= 0.6 is 47.1 Å². The van der Waals surface area contributed by atoms with Gasteiger partial charge in [0, 0.05) is 60.9 Å². The predicted octanol–water partition coefficient (Wildman–Crippen LogP) is 4.72. The summed E-state index contributed by atoms with van der Waals surface area (Å²) in [6.45, 7) is 8.51. The summed E-state index contributed by atoms with van der Waals surface area (Å²) in [5.41, 5.74) is 2.05. The van der Waals surface area contributed by atoms with Crippen LogP contribution in [0.25, 0.3) is 0 Å². The predicted molar refractivity (Wildman–Crippen MR) is 168 cm³/mol. The van der Waals surface area contributed by atoms with Crippen molar-refractivity contribution in [2.75, 3.05) is 13.2 Å². The van der Waals surface area contributed by atoms with Gasteiger partial charge in [0.15, 0.2) is 7.91 Å². The minimum atomic E-state index is -0.708. The Morgan fingerprint density at radius 1 is 0.738 bits per heavy atom. The molecule has 232 valence electrons. The van der Waals surface area contributed by atoms with Gasteiger partial charge >= 0.3 is 11.9 Å². The average Bonchev–Trinajstić information content (AvgIpc) is 3.34. The van der Waals surface area contributed by atoms with Crippen molar-refractivity contribution in [1.82, 2.24) is 19.8 Å². The molecule has 1 aliphatic rings. The van der Waals surface area contributed by atoms with E-state index in [1.165, 1.54) is 36.5 Å². The van der Waals surface area contributed by atoms with Crippen LogP contribution in [0.5, 0.6) is 0 Å². The highest BCUT2D eigenvalue weighted by Crippen LogP contribution is 2.23. The van der Waals surface area contributed by atoms with E-state index in [0.29, 0.717) is 51.6 Å². The number of hydrogen-bond acceptors (Lipinski definition) is 10. The van der Waals surface area contributed by atoms with Crippen LogP contribution in [0.15, 0.2) is 0 Å². The van der Waals surface area contributed by atoms with Crippen molar-refractivity contribution in [2.24, 2.45) is 0 Å². The summed E-state index contributed by atoms with van der Waals surface area (Å²) in [5, 5.41) is 5.46. The maximum absolute atomic E-state index is 12.9. The van der Waals surface area contributed by atoms with E-state index < -0.39 is 24.0 Å². The van der Waals surface area contributed by atoms with Crippen LogP contribution in [0.4, 0.5) is 0 Å². The zero-order chi connectivity index (χ0) is 30.8. The van der Waals surface area contributed by atoms with Crippen molar-refractivity contribution < 1.29 is 28.7 Å². The Morgan fingerprint density at radius 2 is 1.12 bits per heavy atom. The van der Waals surface area contributed by atoms with Crippen LogP contribution in [-0.2, 0) is 54.6 Å². The number of ether oxygens (including phenoxy) is 2. The summed E-state index contributed by atoms with van der Waals surface area (Å²) in [5.74, 6) is -1.43. The van der Waals surface area contributed by atoms with E-state index in [4.69, 9.17) is 33.9 Å². The Morgan fingerprint density at radius 3 is 1.48 bits per heavy atom. The van der Waals surface area contributed by atoms with Crippen molar-refractivity contribution in [2.45, 2.75) is 104 Å². The molecule has 3 rings (SSSR count). The van der Waals surface area contributed by atoms with Gasteiger partial charge in [-0.05, 0) is 76.8 Å². The third kappa shape index (κ3) is 9.81.